The van der Waals surface area contributed by atoms with Crippen LogP contribution in [0, 0.1) is 0 Å². The average Bonchev–Trinajstić information content (AvgIpc) is 1.82. The van der Waals surface area contributed by atoms with Gasteiger partial charge in [0.1, 0.15) is 0 Å². The number of rotatable bonds is 5. The van der Waals surface area contributed by atoms with Gasteiger partial charge in [-0.15, -0.1) is 0 Å². The number of hydrogen-bond acceptors (Lipinski definition) is 4. The lowest BCUT2D eigenvalue weighted by atomic mass is 9.96. The van der Waals surface area contributed by atoms with Crippen molar-refractivity contribution in [1.82, 2.24) is 0 Å². The molecule has 0 aromatic rings. The lowest BCUT2D eigenvalue weighted by molar-refractivity contribution is -0.170. The van der Waals surface area contributed by atoms with Gasteiger partial charge >= 0.3 is 41.0 Å². The van der Waals surface area contributed by atoms with Gasteiger partial charge in [-0.25, -0.2) is 4.79 Å². The smallest absolute Gasteiger partial charge is 0.336 e. The van der Waals surface area contributed by atoms with Crippen LogP contribution in [0.2, 0.25) is 0 Å². The molecule has 0 rings (SSSR count). The minimum atomic E-state index is -2.74. The topological polar surface area (TPSA) is 573 Å². The molecule has 0 fully saturated rings. The van der Waals surface area contributed by atoms with Crippen LogP contribution in [-0.2, 0) is 14.4 Å². The van der Waals surface area contributed by atoms with Gasteiger partial charge in [0.15, 0.2) is 5.60 Å². The fraction of sp³-hybridized carbons (Fsp3) is 0.500. The molecular weight excluding hydrogens is 432 g/mol. The van der Waals surface area contributed by atoms with Gasteiger partial charge in [-0.2, -0.15) is 0 Å². The molecule has 0 aromatic heterocycles. The first-order valence-electron chi connectivity index (χ1n) is 3.17. The van der Waals surface area contributed by atoms with E-state index in [1.54, 1.807) is 0 Å². The number of carbonyl (C=O) groups is 3. The molecule has 28 heavy (non-hydrogen) atoms. The lowest BCUT2D eigenvalue weighted by Gasteiger charge is -2.18. The minimum absolute atomic E-state index is 0. The molecule has 0 aliphatic carbocycles. The van der Waals surface area contributed by atoms with Crippen LogP contribution in [0.4, 0.5) is 0 Å². The van der Waals surface area contributed by atoms with Crippen molar-refractivity contribution in [3.63, 3.8) is 0 Å². The van der Waals surface area contributed by atoms with Crippen LogP contribution in [0.15, 0.2) is 0 Å². The Morgan fingerprint density at radius 2 is 0.643 bits per heavy atom. The van der Waals surface area contributed by atoms with Crippen LogP contribution < -0.4 is 0 Å². The van der Waals surface area contributed by atoms with Crippen LogP contribution in [0.1, 0.15) is 12.8 Å². The van der Waals surface area contributed by atoms with E-state index < -0.39 is 36.4 Å². The molecule has 0 radical (unpaired) electrons. The molecule has 0 bridgehead atoms. The van der Waals surface area contributed by atoms with E-state index in [-0.39, 0.29) is 99.7 Å². The second-order valence-electron chi connectivity index (χ2n) is 2.48. The molecule has 0 saturated heterocycles. The van der Waals surface area contributed by atoms with Crippen molar-refractivity contribution in [2.45, 2.75) is 18.4 Å². The largest absolute Gasteiger partial charge is 0.481 e. The molecule has 0 aromatic carbocycles. The second kappa shape index (κ2) is 63.7. The van der Waals surface area contributed by atoms with Crippen LogP contribution in [0.3, 0.4) is 0 Å². The Bertz CT molecular complexity index is 241. The molecule has 0 atom stereocenters. The molecule has 0 amide bonds. The van der Waals surface area contributed by atoms with Crippen LogP contribution in [-0.4, -0.2) is 144 Å². The van der Waals surface area contributed by atoms with Gasteiger partial charge in [0.05, 0.1) is 12.8 Å². The number of hydrogen-bond donors (Lipinski definition) is 4. The van der Waals surface area contributed by atoms with Gasteiger partial charge in [-0.3, -0.25) is 9.59 Å². The molecule has 0 heterocycles. The highest BCUT2D eigenvalue weighted by molar-refractivity contribution is 5.88. The van der Waals surface area contributed by atoms with E-state index in [0.717, 1.165) is 0 Å². The molecule has 0 spiro atoms. The third kappa shape index (κ3) is 64.3. The summed E-state index contributed by atoms with van der Waals surface area (Å²) >= 11 is 0. The molecule has 32 N–H and O–H groups in total. The van der Waals surface area contributed by atoms with E-state index in [0.29, 0.717) is 0 Å². The zero-order chi connectivity index (χ0) is 10.6. The number of carboxylic acids is 3. The third-order valence-corrected chi connectivity index (χ3v) is 1.29. The third-order valence-electron chi connectivity index (χ3n) is 1.29. The van der Waals surface area contributed by atoms with Gasteiger partial charge in [-0.05, 0) is 0 Å². The quantitative estimate of drug-likeness (QED) is 0.280. The van der Waals surface area contributed by atoms with Crippen LogP contribution >= 0.6 is 0 Å². The fourth-order valence-electron chi connectivity index (χ4n) is 0.714. The van der Waals surface area contributed by atoms with Gasteiger partial charge < -0.3 is 97.1 Å². The predicted molar refractivity (Wildman–Crippen MR) is 96.2 cm³/mol. The zero-order valence-electron chi connectivity index (χ0n) is 13.4. The first-order valence-corrected chi connectivity index (χ1v) is 3.17. The van der Waals surface area contributed by atoms with E-state index in [1.165, 1.54) is 0 Å². The zero-order valence-corrected chi connectivity index (χ0v) is 13.4. The molecule has 190 valence electrons. The predicted octanol–water partition coefficient (Wildman–Crippen LogP) is -13.7. The summed E-state index contributed by atoms with van der Waals surface area (Å²) < 4.78 is 0. The SMILES string of the molecule is O.O.O.O.O.O.O.O.O.O.O.O.O.O.O=C(O)CC(O)(CC(=O)O)C(=O)O.[MgH2]. The highest BCUT2D eigenvalue weighted by atomic mass is 24.3. The van der Waals surface area contributed by atoms with E-state index in [4.69, 9.17) is 20.4 Å². The summed E-state index contributed by atoms with van der Waals surface area (Å²) in [4.78, 5) is 30.5. The minimum Gasteiger partial charge on any atom is -0.481 e. The van der Waals surface area contributed by atoms with Crippen LogP contribution in [0.5, 0.6) is 0 Å². The van der Waals surface area contributed by atoms with E-state index >= 15 is 0 Å². The van der Waals surface area contributed by atoms with Gasteiger partial charge in [0, 0.05) is 0 Å². The molecular formula is C6H38MgO21. The normalized spacial score (nSPS) is 5.04. The molecule has 22 heteroatoms. The second-order valence-corrected chi connectivity index (χ2v) is 2.48. The number of carboxylic acid groups (broad SMARTS) is 3. The van der Waals surface area contributed by atoms with Crippen molar-refractivity contribution < 1.29 is 111 Å². The van der Waals surface area contributed by atoms with Gasteiger partial charge in [0.25, 0.3) is 0 Å². The Balaban J connectivity index is -0.00000000686. The van der Waals surface area contributed by atoms with Gasteiger partial charge in [-0.1, -0.05) is 0 Å². The molecule has 0 aliphatic heterocycles. The molecule has 21 nitrogen and oxygen atoms in total. The monoisotopic (exact) mass is 470 g/mol. The van der Waals surface area contributed by atoms with Gasteiger partial charge in [0.2, 0.25) is 0 Å². The Kier molecular flexibility index (Phi) is 353. The van der Waals surface area contributed by atoms with Crippen LogP contribution in [0.25, 0.3) is 0 Å². The van der Waals surface area contributed by atoms with E-state index in [2.05, 4.69) is 0 Å². The van der Waals surface area contributed by atoms with E-state index in [1.807, 2.05) is 0 Å². The Morgan fingerprint density at radius 1 is 0.500 bits per heavy atom. The highest BCUT2D eigenvalue weighted by Crippen LogP contribution is 2.15. The summed E-state index contributed by atoms with van der Waals surface area (Å²) in [5.74, 6) is -5.02. The number of aliphatic carboxylic acids is 3. The first-order chi connectivity index (χ1) is 5.78. The maximum atomic E-state index is 10.3. The summed E-state index contributed by atoms with van der Waals surface area (Å²) in [7, 11) is 0. The molecule has 0 saturated carbocycles. The van der Waals surface area contributed by atoms with E-state index in [9.17, 15) is 14.4 Å². The average molecular weight is 471 g/mol. The first kappa shape index (κ1) is 155. The standard InChI is InChI=1S/C6H8O7.Mg.14H2O.2H/c7-3(8)1-6(13,5(11)12)2-4(9)10;;;;;;;;;;;;;;;;;/h13H,1-2H2,(H,7,8)(H,9,10)(H,11,12);;14*1H2;;. The Labute approximate surface area is 171 Å². The summed E-state index contributed by atoms with van der Waals surface area (Å²) in [5, 5.41) is 33.8. The number of aliphatic hydroxyl groups is 1. The van der Waals surface area contributed by atoms with Crippen molar-refractivity contribution in [1.29, 1.82) is 0 Å². The molecule has 0 aliphatic rings. The summed E-state index contributed by atoms with van der Waals surface area (Å²) in [6.45, 7) is 0. The Hall–Kier alpha value is -1.42. The maximum Gasteiger partial charge on any atom is 0.336 e. The highest BCUT2D eigenvalue weighted by Gasteiger charge is 2.40. The lowest BCUT2D eigenvalue weighted by Crippen LogP contribution is -2.42. The van der Waals surface area contributed by atoms with Crippen molar-refractivity contribution in [2.24, 2.45) is 0 Å². The fourth-order valence-corrected chi connectivity index (χ4v) is 0.714. The van der Waals surface area contributed by atoms with Crippen molar-refractivity contribution >= 4 is 41.0 Å². The molecule has 0 unspecified atom stereocenters. The Morgan fingerprint density at radius 3 is 0.714 bits per heavy atom. The van der Waals surface area contributed by atoms with Crippen molar-refractivity contribution in [3.8, 4) is 0 Å². The van der Waals surface area contributed by atoms with Crippen molar-refractivity contribution in [3.05, 3.63) is 0 Å². The summed E-state index contributed by atoms with van der Waals surface area (Å²) in [6.07, 6.45) is -2.29. The van der Waals surface area contributed by atoms with Crippen molar-refractivity contribution in [2.75, 3.05) is 0 Å². The summed E-state index contributed by atoms with van der Waals surface area (Å²) in [6, 6.07) is 0. The maximum absolute atomic E-state index is 10.3. The summed E-state index contributed by atoms with van der Waals surface area (Å²) in [5.41, 5.74) is -2.74.